The maximum Gasteiger partial charge on any atom is 0.218 e. The van der Waals surface area contributed by atoms with E-state index in [1.165, 1.54) is 0 Å². The van der Waals surface area contributed by atoms with Gasteiger partial charge in [-0.15, -0.1) is 0 Å². The molecule has 0 aliphatic rings. The van der Waals surface area contributed by atoms with Crippen LogP contribution >= 0.6 is 0 Å². The fraction of sp³-hybridized carbons (Fsp3) is 0.692. The van der Waals surface area contributed by atoms with Gasteiger partial charge in [0.1, 0.15) is 19.0 Å². The van der Waals surface area contributed by atoms with Gasteiger partial charge in [-0.2, -0.15) is 4.98 Å². The highest BCUT2D eigenvalue weighted by Crippen LogP contribution is 2.18. The molecule has 1 N–H and O–H groups in total. The van der Waals surface area contributed by atoms with Crippen LogP contribution in [0.4, 0.5) is 5.82 Å². The summed E-state index contributed by atoms with van der Waals surface area (Å²) in [5.41, 5.74) is -0.0809. The zero-order chi connectivity index (χ0) is 14.3. The highest BCUT2D eigenvalue weighted by Gasteiger charge is 2.13. The van der Waals surface area contributed by atoms with Gasteiger partial charge in [-0.05, 0) is 20.8 Å². The standard InChI is InChI=1S/C13H23N3O3/c1-13(2,3)16-10-8-12(19-7-6-17-4)15-11(14-10)9-18-5/h8H,6-7,9H2,1-5H3,(H,14,15,16). The molecule has 0 fully saturated rings. The molecule has 0 aromatic carbocycles. The van der Waals surface area contributed by atoms with Gasteiger partial charge in [0, 0.05) is 25.8 Å². The summed E-state index contributed by atoms with van der Waals surface area (Å²) in [6.45, 7) is 7.52. The summed E-state index contributed by atoms with van der Waals surface area (Å²) >= 11 is 0. The van der Waals surface area contributed by atoms with Gasteiger partial charge in [-0.25, -0.2) is 4.98 Å². The molecule has 6 heteroatoms. The van der Waals surface area contributed by atoms with E-state index in [4.69, 9.17) is 14.2 Å². The number of anilines is 1. The second-order valence-corrected chi connectivity index (χ2v) is 5.16. The number of hydrogen-bond donors (Lipinski definition) is 1. The van der Waals surface area contributed by atoms with Crippen molar-refractivity contribution in [1.82, 2.24) is 9.97 Å². The summed E-state index contributed by atoms with van der Waals surface area (Å²) in [7, 11) is 3.24. The van der Waals surface area contributed by atoms with Crippen LogP contribution in [-0.4, -0.2) is 42.9 Å². The minimum absolute atomic E-state index is 0.0809. The minimum atomic E-state index is -0.0809. The largest absolute Gasteiger partial charge is 0.475 e. The van der Waals surface area contributed by atoms with E-state index in [1.807, 2.05) is 0 Å². The first kappa shape index (κ1) is 15.7. The van der Waals surface area contributed by atoms with Crippen molar-refractivity contribution in [1.29, 1.82) is 0 Å². The van der Waals surface area contributed by atoms with Crippen LogP contribution in [0.5, 0.6) is 5.88 Å². The number of ether oxygens (including phenoxy) is 3. The van der Waals surface area contributed by atoms with Crippen LogP contribution in [0.2, 0.25) is 0 Å². The molecule has 0 aliphatic heterocycles. The molecule has 1 aromatic rings. The molecule has 108 valence electrons. The lowest BCUT2D eigenvalue weighted by atomic mass is 10.1. The summed E-state index contributed by atoms with van der Waals surface area (Å²) in [6, 6.07) is 1.78. The van der Waals surface area contributed by atoms with Gasteiger partial charge in [-0.3, -0.25) is 0 Å². The van der Waals surface area contributed by atoms with Crippen molar-refractivity contribution in [2.45, 2.75) is 32.9 Å². The van der Waals surface area contributed by atoms with Gasteiger partial charge in [0.25, 0.3) is 0 Å². The molecular weight excluding hydrogens is 246 g/mol. The number of aromatic nitrogens is 2. The zero-order valence-corrected chi connectivity index (χ0v) is 12.3. The first-order chi connectivity index (χ1) is 8.94. The number of methoxy groups -OCH3 is 2. The fourth-order valence-electron chi connectivity index (χ4n) is 1.42. The molecule has 0 radical (unpaired) electrons. The Kier molecular flexibility index (Phi) is 5.98. The van der Waals surface area contributed by atoms with Crippen molar-refractivity contribution in [3.05, 3.63) is 11.9 Å². The lowest BCUT2D eigenvalue weighted by molar-refractivity contribution is 0.142. The Morgan fingerprint density at radius 1 is 1.11 bits per heavy atom. The van der Waals surface area contributed by atoms with Gasteiger partial charge in [0.2, 0.25) is 5.88 Å². The lowest BCUT2D eigenvalue weighted by Crippen LogP contribution is -2.27. The molecule has 0 aliphatic carbocycles. The molecule has 0 saturated heterocycles. The summed E-state index contributed by atoms with van der Waals surface area (Å²) in [5, 5.41) is 3.29. The van der Waals surface area contributed by atoms with Crippen molar-refractivity contribution in [3.63, 3.8) is 0 Å². The third kappa shape index (κ3) is 6.35. The van der Waals surface area contributed by atoms with E-state index < -0.39 is 0 Å². The SMILES string of the molecule is COCCOc1cc(NC(C)(C)C)nc(COC)n1. The van der Waals surface area contributed by atoms with E-state index >= 15 is 0 Å². The van der Waals surface area contributed by atoms with Crippen LogP contribution in [0.1, 0.15) is 26.6 Å². The average molecular weight is 269 g/mol. The Morgan fingerprint density at radius 2 is 1.84 bits per heavy atom. The smallest absolute Gasteiger partial charge is 0.218 e. The summed E-state index contributed by atoms with van der Waals surface area (Å²) in [4.78, 5) is 8.65. The molecular formula is C13H23N3O3. The van der Waals surface area contributed by atoms with Gasteiger partial charge in [0.05, 0.1) is 6.61 Å². The zero-order valence-electron chi connectivity index (χ0n) is 12.3. The van der Waals surface area contributed by atoms with E-state index in [2.05, 4.69) is 36.1 Å². The van der Waals surface area contributed by atoms with Crippen molar-refractivity contribution < 1.29 is 14.2 Å². The first-order valence-electron chi connectivity index (χ1n) is 6.21. The maximum atomic E-state index is 5.52. The summed E-state index contributed by atoms with van der Waals surface area (Å²) in [5.74, 6) is 1.83. The van der Waals surface area contributed by atoms with Gasteiger partial charge >= 0.3 is 0 Å². The molecule has 1 heterocycles. The van der Waals surface area contributed by atoms with E-state index in [9.17, 15) is 0 Å². The van der Waals surface area contributed by atoms with Crippen LogP contribution < -0.4 is 10.1 Å². The van der Waals surface area contributed by atoms with Gasteiger partial charge in [0.15, 0.2) is 5.82 Å². The summed E-state index contributed by atoms with van der Waals surface area (Å²) in [6.07, 6.45) is 0. The Hall–Kier alpha value is -1.40. The molecule has 0 amide bonds. The predicted octanol–water partition coefficient (Wildman–Crippen LogP) is 1.86. The molecule has 0 bridgehead atoms. The maximum absolute atomic E-state index is 5.52. The molecule has 0 saturated carbocycles. The Morgan fingerprint density at radius 3 is 2.42 bits per heavy atom. The van der Waals surface area contributed by atoms with Crippen molar-refractivity contribution in [2.24, 2.45) is 0 Å². The van der Waals surface area contributed by atoms with E-state index in [0.717, 1.165) is 5.82 Å². The van der Waals surface area contributed by atoms with Crippen LogP contribution in [0.15, 0.2) is 6.07 Å². The molecule has 1 aromatic heterocycles. The van der Waals surface area contributed by atoms with E-state index in [-0.39, 0.29) is 5.54 Å². The number of rotatable bonds is 7. The Balaban J connectivity index is 2.83. The Bertz CT molecular complexity index is 391. The minimum Gasteiger partial charge on any atom is -0.475 e. The van der Waals surface area contributed by atoms with Gasteiger partial charge in [-0.1, -0.05) is 0 Å². The van der Waals surface area contributed by atoms with E-state index in [0.29, 0.717) is 31.5 Å². The molecule has 19 heavy (non-hydrogen) atoms. The highest BCUT2D eigenvalue weighted by molar-refractivity contribution is 5.40. The van der Waals surface area contributed by atoms with Crippen LogP contribution in [0.3, 0.4) is 0 Å². The monoisotopic (exact) mass is 269 g/mol. The normalized spacial score (nSPS) is 11.4. The molecule has 1 rings (SSSR count). The van der Waals surface area contributed by atoms with E-state index in [1.54, 1.807) is 20.3 Å². The number of nitrogens with zero attached hydrogens (tertiary/aromatic N) is 2. The molecule has 0 unspecified atom stereocenters. The first-order valence-corrected chi connectivity index (χ1v) is 6.21. The third-order valence-electron chi connectivity index (χ3n) is 2.06. The fourth-order valence-corrected chi connectivity index (χ4v) is 1.42. The van der Waals surface area contributed by atoms with Crippen molar-refractivity contribution >= 4 is 5.82 Å². The highest BCUT2D eigenvalue weighted by atomic mass is 16.5. The van der Waals surface area contributed by atoms with Crippen LogP contribution in [0, 0.1) is 0 Å². The van der Waals surface area contributed by atoms with Gasteiger partial charge < -0.3 is 19.5 Å². The van der Waals surface area contributed by atoms with Crippen LogP contribution in [0.25, 0.3) is 0 Å². The molecule has 0 spiro atoms. The molecule has 6 nitrogen and oxygen atoms in total. The number of hydrogen-bond acceptors (Lipinski definition) is 6. The van der Waals surface area contributed by atoms with Crippen LogP contribution in [-0.2, 0) is 16.1 Å². The second kappa shape index (κ2) is 7.25. The quantitative estimate of drug-likeness (QED) is 0.762. The number of nitrogens with one attached hydrogen (secondary N) is 1. The van der Waals surface area contributed by atoms with Crippen molar-refractivity contribution in [3.8, 4) is 5.88 Å². The summed E-state index contributed by atoms with van der Waals surface area (Å²) < 4.78 is 15.5. The topological polar surface area (TPSA) is 65.5 Å². The Labute approximate surface area is 114 Å². The second-order valence-electron chi connectivity index (χ2n) is 5.16. The predicted molar refractivity (Wildman–Crippen MR) is 73.5 cm³/mol. The lowest BCUT2D eigenvalue weighted by Gasteiger charge is -2.21. The average Bonchev–Trinajstić information content (AvgIpc) is 2.27. The molecule has 0 atom stereocenters. The van der Waals surface area contributed by atoms with Crippen molar-refractivity contribution in [2.75, 3.05) is 32.8 Å². The third-order valence-corrected chi connectivity index (χ3v) is 2.06.